The van der Waals surface area contributed by atoms with Crippen LogP contribution in [0, 0.1) is 21.4 Å². The van der Waals surface area contributed by atoms with Crippen molar-refractivity contribution in [3.05, 3.63) is 33.9 Å². The fraction of sp³-hybridized carbons (Fsp3) is 0.500. The van der Waals surface area contributed by atoms with Crippen LogP contribution in [0.25, 0.3) is 0 Å². The van der Waals surface area contributed by atoms with Crippen LogP contribution in [0.3, 0.4) is 0 Å². The third-order valence-electron chi connectivity index (χ3n) is 4.16. The highest BCUT2D eigenvalue weighted by atomic mass is 16.6. The molecule has 2 bridgehead atoms. The lowest BCUT2D eigenvalue weighted by atomic mass is 9.99. The SMILES string of the molecule is N#Cc1ccc(NC2CC3CCC(C2)N3)c([N+](=O)[O-])c1. The molecule has 0 radical (unpaired) electrons. The zero-order chi connectivity index (χ0) is 14.1. The molecule has 1 aromatic carbocycles. The molecule has 0 aliphatic carbocycles. The van der Waals surface area contributed by atoms with E-state index in [0.717, 1.165) is 12.8 Å². The van der Waals surface area contributed by atoms with Crippen molar-refractivity contribution in [2.45, 2.75) is 43.8 Å². The van der Waals surface area contributed by atoms with Crippen LogP contribution in [-0.2, 0) is 0 Å². The first kappa shape index (κ1) is 12.9. The molecule has 20 heavy (non-hydrogen) atoms. The van der Waals surface area contributed by atoms with E-state index in [0.29, 0.717) is 23.3 Å². The lowest BCUT2D eigenvalue weighted by Gasteiger charge is -2.30. The first-order valence-corrected chi connectivity index (χ1v) is 6.87. The minimum absolute atomic E-state index is 0.0186. The predicted molar refractivity (Wildman–Crippen MR) is 74.4 cm³/mol. The quantitative estimate of drug-likeness (QED) is 0.650. The van der Waals surface area contributed by atoms with Gasteiger partial charge in [-0.15, -0.1) is 0 Å². The van der Waals surface area contributed by atoms with Crippen LogP contribution in [-0.4, -0.2) is 23.0 Å². The molecule has 104 valence electrons. The Labute approximate surface area is 116 Å². The summed E-state index contributed by atoms with van der Waals surface area (Å²) in [6.45, 7) is 0. The highest BCUT2D eigenvalue weighted by Gasteiger charge is 2.34. The predicted octanol–water partition coefficient (Wildman–Crippen LogP) is 2.16. The zero-order valence-electron chi connectivity index (χ0n) is 11.0. The van der Waals surface area contributed by atoms with Crippen molar-refractivity contribution >= 4 is 11.4 Å². The third-order valence-corrected chi connectivity index (χ3v) is 4.16. The number of piperidine rings is 1. The van der Waals surface area contributed by atoms with Crippen molar-refractivity contribution in [1.29, 1.82) is 5.26 Å². The summed E-state index contributed by atoms with van der Waals surface area (Å²) in [5.74, 6) is 0. The van der Waals surface area contributed by atoms with E-state index >= 15 is 0 Å². The number of hydrogen-bond donors (Lipinski definition) is 2. The molecule has 2 saturated heterocycles. The molecule has 2 atom stereocenters. The van der Waals surface area contributed by atoms with Crippen molar-refractivity contribution in [2.24, 2.45) is 0 Å². The van der Waals surface area contributed by atoms with Gasteiger partial charge in [0.2, 0.25) is 0 Å². The van der Waals surface area contributed by atoms with E-state index in [2.05, 4.69) is 10.6 Å². The van der Waals surface area contributed by atoms with Crippen LogP contribution >= 0.6 is 0 Å². The molecule has 2 aliphatic heterocycles. The summed E-state index contributed by atoms with van der Waals surface area (Å²) in [7, 11) is 0. The molecule has 1 aromatic rings. The van der Waals surface area contributed by atoms with Crippen LogP contribution < -0.4 is 10.6 Å². The molecular formula is C14H16N4O2. The number of nitriles is 1. The average Bonchev–Trinajstić information content (AvgIpc) is 2.78. The van der Waals surface area contributed by atoms with Crippen molar-refractivity contribution in [3.8, 4) is 6.07 Å². The molecule has 2 aliphatic rings. The van der Waals surface area contributed by atoms with Crippen molar-refractivity contribution in [3.63, 3.8) is 0 Å². The van der Waals surface area contributed by atoms with Crippen LogP contribution in [0.4, 0.5) is 11.4 Å². The Bertz CT molecular complexity index is 569. The van der Waals surface area contributed by atoms with Gasteiger partial charge in [-0.25, -0.2) is 0 Å². The van der Waals surface area contributed by atoms with Crippen molar-refractivity contribution in [2.75, 3.05) is 5.32 Å². The second kappa shape index (κ2) is 5.10. The molecular weight excluding hydrogens is 256 g/mol. The van der Waals surface area contributed by atoms with Gasteiger partial charge in [-0.2, -0.15) is 5.26 Å². The van der Waals surface area contributed by atoms with Crippen molar-refractivity contribution in [1.82, 2.24) is 5.32 Å². The lowest BCUT2D eigenvalue weighted by Crippen LogP contribution is -2.43. The van der Waals surface area contributed by atoms with E-state index in [1.807, 2.05) is 6.07 Å². The molecule has 0 aromatic heterocycles. The number of nitro benzene ring substituents is 1. The van der Waals surface area contributed by atoms with Crippen molar-refractivity contribution < 1.29 is 4.92 Å². The van der Waals surface area contributed by atoms with Crippen LogP contribution in [0.15, 0.2) is 18.2 Å². The average molecular weight is 272 g/mol. The lowest BCUT2D eigenvalue weighted by molar-refractivity contribution is -0.384. The van der Waals surface area contributed by atoms with Gasteiger partial charge < -0.3 is 10.6 Å². The summed E-state index contributed by atoms with van der Waals surface area (Å²) in [6, 6.07) is 7.85. The summed E-state index contributed by atoms with van der Waals surface area (Å²) in [5.41, 5.74) is 0.808. The molecule has 2 N–H and O–H groups in total. The first-order chi connectivity index (χ1) is 9.65. The number of rotatable bonds is 3. The summed E-state index contributed by atoms with van der Waals surface area (Å²) >= 11 is 0. The molecule has 2 heterocycles. The minimum Gasteiger partial charge on any atom is -0.377 e. The van der Waals surface area contributed by atoms with Gasteiger partial charge in [-0.1, -0.05) is 0 Å². The highest BCUT2D eigenvalue weighted by Crippen LogP contribution is 2.32. The topological polar surface area (TPSA) is 91.0 Å². The molecule has 0 saturated carbocycles. The summed E-state index contributed by atoms with van der Waals surface area (Å²) < 4.78 is 0. The standard InChI is InChI=1S/C14H16N4O2/c15-8-9-1-4-13(14(5-9)18(19)20)17-12-6-10-2-3-11(7-12)16-10/h1,4-5,10-12,16-17H,2-3,6-7H2. The fourth-order valence-corrected chi connectivity index (χ4v) is 3.27. The third kappa shape index (κ3) is 2.45. The molecule has 0 amide bonds. The van der Waals surface area contributed by atoms with Gasteiger partial charge in [0.25, 0.3) is 5.69 Å². The Morgan fingerprint density at radius 1 is 1.35 bits per heavy atom. The van der Waals surface area contributed by atoms with Gasteiger partial charge in [0.05, 0.1) is 16.6 Å². The maximum atomic E-state index is 11.1. The van der Waals surface area contributed by atoms with E-state index in [1.54, 1.807) is 12.1 Å². The largest absolute Gasteiger partial charge is 0.377 e. The smallest absolute Gasteiger partial charge is 0.293 e. The van der Waals surface area contributed by atoms with Crippen LogP contribution in [0.5, 0.6) is 0 Å². The number of anilines is 1. The Morgan fingerprint density at radius 2 is 2.05 bits per heavy atom. The number of nitrogens with zero attached hydrogens (tertiary/aromatic N) is 2. The fourth-order valence-electron chi connectivity index (χ4n) is 3.27. The van der Waals surface area contributed by atoms with Crippen LogP contribution in [0.1, 0.15) is 31.2 Å². The highest BCUT2D eigenvalue weighted by molar-refractivity contribution is 5.64. The first-order valence-electron chi connectivity index (χ1n) is 6.87. The maximum Gasteiger partial charge on any atom is 0.293 e. The summed E-state index contributed by atoms with van der Waals surface area (Å²) in [4.78, 5) is 10.7. The second-order valence-corrected chi connectivity index (χ2v) is 5.55. The molecule has 6 nitrogen and oxygen atoms in total. The van der Waals surface area contributed by atoms with Gasteiger partial charge >= 0.3 is 0 Å². The molecule has 2 fully saturated rings. The molecule has 6 heteroatoms. The number of nitro groups is 1. The number of benzene rings is 1. The number of hydrogen-bond acceptors (Lipinski definition) is 5. The zero-order valence-corrected chi connectivity index (χ0v) is 11.0. The minimum atomic E-state index is -0.432. The maximum absolute atomic E-state index is 11.1. The van der Waals surface area contributed by atoms with Crippen LogP contribution in [0.2, 0.25) is 0 Å². The Hall–Kier alpha value is -2.13. The Morgan fingerprint density at radius 3 is 2.65 bits per heavy atom. The number of nitrogens with one attached hydrogen (secondary N) is 2. The van der Waals surface area contributed by atoms with Gasteiger partial charge in [0, 0.05) is 24.2 Å². The van der Waals surface area contributed by atoms with E-state index in [-0.39, 0.29) is 11.7 Å². The summed E-state index contributed by atoms with van der Waals surface area (Å²) in [6.07, 6.45) is 4.37. The Kier molecular flexibility index (Phi) is 3.28. The Balaban J connectivity index is 1.80. The van der Waals surface area contributed by atoms with Gasteiger partial charge in [0.15, 0.2) is 0 Å². The molecule has 0 spiro atoms. The number of fused-ring (bicyclic) bond motifs is 2. The van der Waals surface area contributed by atoms with E-state index in [1.165, 1.54) is 18.9 Å². The molecule has 3 rings (SSSR count). The van der Waals surface area contributed by atoms with Gasteiger partial charge in [-0.05, 0) is 37.8 Å². The van der Waals surface area contributed by atoms with Gasteiger partial charge in [-0.3, -0.25) is 10.1 Å². The normalized spacial score (nSPS) is 27.9. The molecule has 2 unspecified atom stereocenters. The van der Waals surface area contributed by atoms with Gasteiger partial charge in [0.1, 0.15) is 5.69 Å². The van der Waals surface area contributed by atoms with E-state index in [4.69, 9.17) is 5.26 Å². The van der Waals surface area contributed by atoms with E-state index in [9.17, 15) is 10.1 Å². The summed E-state index contributed by atoms with van der Waals surface area (Å²) in [5, 5.41) is 26.8. The monoisotopic (exact) mass is 272 g/mol. The van der Waals surface area contributed by atoms with E-state index < -0.39 is 4.92 Å². The second-order valence-electron chi connectivity index (χ2n) is 5.55.